The SMILES string of the molecule is CCCCOc1ccc(C(=O)NCC(=O)NO)cc1. The quantitative estimate of drug-likeness (QED) is 0.392. The number of ether oxygens (including phenoxy) is 1. The summed E-state index contributed by atoms with van der Waals surface area (Å²) in [6.07, 6.45) is 2.05. The van der Waals surface area contributed by atoms with Crippen LogP contribution < -0.4 is 15.5 Å². The lowest BCUT2D eigenvalue weighted by molar-refractivity contribution is -0.128. The number of carbonyl (C=O) groups is 2. The molecule has 0 heterocycles. The summed E-state index contributed by atoms with van der Waals surface area (Å²) < 4.78 is 5.47. The van der Waals surface area contributed by atoms with Crippen molar-refractivity contribution >= 4 is 11.8 Å². The van der Waals surface area contributed by atoms with Crippen molar-refractivity contribution in [1.82, 2.24) is 10.8 Å². The van der Waals surface area contributed by atoms with Crippen molar-refractivity contribution < 1.29 is 19.5 Å². The van der Waals surface area contributed by atoms with Gasteiger partial charge in [-0.15, -0.1) is 0 Å². The average Bonchev–Trinajstić information content (AvgIpc) is 2.45. The predicted octanol–water partition coefficient (Wildman–Crippen LogP) is 1.10. The van der Waals surface area contributed by atoms with Crippen molar-refractivity contribution in [2.75, 3.05) is 13.2 Å². The zero-order chi connectivity index (χ0) is 14.1. The fraction of sp³-hybridized carbons (Fsp3) is 0.385. The van der Waals surface area contributed by atoms with Crippen molar-refractivity contribution in [3.05, 3.63) is 29.8 Å². The van der Waals surface area contributed by atoms with Gasteiger partial charge in [0.15, 0.2) is 0 Å². The number of nitrogens with one attached hydrogen (secondary N) is 2. The lowest BCUT2D eigenvalue weighted by Crippen LogP contribution is -2.35. The van der Waals surface area contributed by atoms with Crippen LogP contribution in [0.5, 0.6) is 5.75 Å². The number of amides is 2. The summed E-state index contributed by atoms with van der Waals surface area (Å²) >= 11 is 0. The molecule has 0 aliphatic heterocycles. The van der Waals surface area contributed by atoms with Gasteiger partial charge in [0.25, 0.3) is 11.8 Å². The molecule has 1 aromatic carbocycles. The standard InChI is InChI=1S/C13H18N2O4/c1-2-3-8-19-11-6-4-10(5-7-11)13(17)14-9-12(16)15-18/h4-7,18H,2-3,8-9H2,1H3,(H,14,17)(H,15,16). The van der Waals surface area contributed by atoms with E-state index in [-0.39, 0.29) is 12.5 Å². The molecule has 0 saturated carbocycles. The smallest absolute Gasteiger partial charge is 0.262 e. The Morgan fingerprint density at radius 3 is 2.53 bits per heavy atom. The van der Waals surface area contributed by atoms with Crippen LogP contribution in [0, 0.1) is 0 Å². The third kappa shape index (κ3) is 5.39. The Labute approximate surface area is 111 Å². The van der Waals surface area contributed by atoms with Crippen molar-refractivity contribution in [1.29, 1.82) is 0 Å². The maximum Gasteiger partial charge on any atom is 0.262 e. The Balaban J connectivity index is 2.46. The van der Waals surface area contributed by atoms with E-state index in [0.717, 1.165) is 12.8 Å². The van der Waals surface area contributed by atoms with Gasteiger partial charge < -0.3 is 10.1 Å². The van der Waals surface area contributed by atoms with Crippen molar-refractivity contribution in [2.45, 2.75) is 19.8 Å². The molecule has 0 spiro atoms. The molecule has 0 aliphatic rings. The third-order valence-electron chi connectivity index (χ3n) is 2.42. The Morgan fingerprint density at radius 1 is 1.26 bits per heavy atom. The summed E-state index contributed by atoms with van der Waals surface area (Å²) in [7, 11) is 0. The fourth-order valence-electron chi connectivity index (χ4n) is 1.34. The molecule has 0 aliphatic carbocycles. The summed E-state index contributed by atoms with van der Waals surface area (Å²) in [6.45, 7) is 2.46. The molecule has 0 fully saturated rings. The van der Waals surface area contributed by atoms with Crippen LogP contribution in [0.1, 0.15) is 30.1 Å². The Kier molecular flexibility index (Phi) is 6.38. The van der Waals surface area contributed by atoms with Gasteiger partial charge in [0.2, 0.25) is 0 Å². The van der Waals surface area contributed by atoms with Crippen LogP contribution in [-0.4, -0.2) is 30.2 Å². The number of unbranched alkanes of at least 4 members (excludes halogenated alkanes) is 1. The van der Waals surface area contributed by atoms with Gasteiger partial charge in [0, 0.05) is 5.56 Å². The Bertz CT molecular complexity index is 417. The molecule has 2 amide bonds. The Morgan fingerprint density at radius 2 is 1.95 bits per heavy atom. The van der Waals surface area contributed by atoms with Gasteiger partial charge in [-0.3, -0.25) is 14.8 Å². The Hall–Kier alpha value is -2.08. The highest BCUT2D eigenvalue weighted by molar-refractivity contribution is 5.96. The van der Waals surface area contributed by atoms with Crippen LogP contribution in [0.4, 0.5) is 0 Å². The second kappa shape index (κ2) is 8.10. The second-order valence-electron chi connectivity index (χ2n) is 3.94. The van der Waals surface area contributed by atoms with E-state index in [0.29, 0.717) is 17.9 Å². The summed E-state index contributed by atoms with van der Waals surface area (Å²) in [5.74, 6) is -0.352. The number of hydroxylamine groups is 1. The largest absolute Gasteiger partial charge is 0.494 e. The number of benzene rings is 1. The molecular formula is C13H18N2O4. The number of hydrogen-bond donors (Lipinski definition) is 3. The van der Waals surface area contributed by atoms with Crippen molar-refractivity contribution in [3.63, 3.8) is 0 Å². The molecule has 3 N–H and O–H groups in total. The highest BCUT2D eigenvalue weighted by Crippen LogP contribution is 2.12. The normalized spacial score (nSPS) is 9.79. The van der Waals surface area contributed by atoms with Gasteiger partial charge >= 0.3 is 0 Å². The molecule has 0 saturated heterocycles. The van der Waals surface area contributed by atoms with Crippen LogP contribution in [0.15, 0.2) is 24.3 Å². The van der Waals surface area contributed by atoms with Crippen LogP contribution in [0.25, 0.3) is 0 Å². The molecular weight excluding hydrogens is 248 g/mol. The molecule has 19 heavy (non-hydrogen) atoms. The van der Waals surface area contributed by atoms with Gasteiger partial charge in [-0.2, -0.15) is 0 Å². The number of hydrogen-bond acceptors (Lipinski definition) is 4. The lowest BCUT2D eigenvalue weighted by atomic mass is 10.2. The first-order valence-corrected chi connectivity index (χ1v) is 6.11. The van der Waals surface area contributed by atoms with E-state index in [1.165, 1.54) is 5.48 Å². The minimum absolute atomic E-state index is 0.274. The summed E-state index contributed by atoms with van der Waals surface area (Å²) in [6, 6.07) is 6.65. The zero-order valence-corrected chi connectivity index (χ0v) is 10.8. The minimum atomic E-state index is -0.673. The summed E-state index contributed by atoms with van der Waals surface area (Å²) in [4.78, 5) is 22.4. The number of carbonyl (C=O) groups excluding carboxylic acids is 2. The zero-order valence-electron chi connectivity index (χ0n) is 10.8. The topological polar surface area (TPSA) is 87.7 Å². The van der Waals surface area contributed by atoms with Crippen molar-refractivity contribution in [3.8, 4) is 5.75 Å². The molecule has 1 aromatic rings. The highest BCUT2D eigenvalue weighted by Gasteiger charge is 2.07. The average molecular weight is 266 g/mol. The highest BCUT2D eigenvalue weighted by atomic mass is 16.5. The van der Waals surface area contributed by atoms with Gasteiger partial charge in [0.05, 0.1) is 13.2 Å². The third-order valence-corrected chi connectivity index (χ3v) is 2.42. The van der Waals surface area contributed by atoms with E-state index < -0.39 is 5.91 Å². The second-order valence-corrected chi connectivity index (χ2v) is 3.94. The molecule has 104 valence electrons. The van der Waals surface area contributed by atoms with E-state index in [4.69, 9.17) is 9.94 Å². The van der Waals surface area contributed by atoms with E-state index in [1.54, 1.807) is 24.3 Å². The molecule has 0 radical (unpaired) electrons. The maximum atomic E-state index is 11.6. The molecule has 0 aromatic heterocycles. The first-order chi connectivity index (χ1) is 9.17. The van der Waals surface area contributed by atoms with E-state index in [2.05, 4.69) is 12.2 Å². The summed E-state index contributed by atoms with van der Waals surface area (Å²) in [5, 5.41) is 10.7. The maximum absolute atomic E-state index is 11.6. The van der Waals surface area contributed by atoms with Crippen LogP contribution in [-0.2, 0) is 4.79 Å². The van der Waals surface area contributed by atoms with E-state index in [1.807, 2.05) is 0 Å². The minimum Gasteiger partial charge on any atom is -0.494 e. The molecule has 0 unspecified atom stereocenters. The lowest BCUT2D eigenvalue weighted by Gasteiger charge is -2.07. The van der Waals surface area contributed by atoms with Crippen LogP contribution in [0.2, 0.25) is 0 Å². The predicted molar refractivity (Wildman–Crippen MR) is 69.1 cm³/mol. The van der Waals surface area contributed by atoms with E-state index in [9.17, 15) is 9.59 Å². The molecule has 6 heteroatoms. The van der Waals surface area contributed by atoms with Gasteiger partial charge in [-0.1, -0.05) is 13.3 Å². The van der Waals surface area contributed by atoms with E-state index >= 15 is 0 Å². The summed E-state index contributed by atoms with van der Waals surface area (Å²) in [5.41, 5.74) is 1.86. The van der Waals surface area contributed by atoms with Crippen LogP contribution >= 0.6 is 0 Å². The molecule has 0 bridgehead atoms. The molecule has 0 atom stereocenters. The van der Waals surface area contributed by atoms with Crippen molar-refractivity contribution in [2.24, 2.45) is 0 Å². The first kappa shape index (κ1) is 15.0. The molecule has 6 nitrogen and oxygen atoms in total. The van der Waals surface area contributed by atoms with Gasteiger partial charge in [-0.25, -0.2) is 5.48 Å². The van der Waals surface area contributed by atoms with Crippen LogP contribution in [0.3, 0.4) is 0 Å². The first-order valence-electron chi connectivity index (χ1n) is 6.11. The van der Waals surface area contributed by atoms with Gasteiger partial charge in [-0.05, 0) is 30.7 Å². The number of rotatable bonds is 7. The monoisotopic (exact) mass is 266 g/mol. The molecule has 1 rings (SSSR count). The van der Waals surface area contributed by atoms with Gasteiger partial charge in [0.1, 0.15) is 5.75 Å². The fourth-order valence-corrected chi connectivity index (χ4v) is 1.34.